The number of anilines is 1. The number of hydrogen-bond acceptors (Lipinski definition) is 4. The summed E-state index contributed by atoms with van der Waals surface area (Å²) in [6, 6.07) is 17.7. The van der Waals surface area contributed by atoms with Crippen LogP contribution in [-0.4, -0.2) is 42.9 Å². The summed E-state index contributed by atoms with van der Waals surface area (Å²) in [5.74, 6) is -0.0827. The Hall–Kier alpha value is -2.21. The summed E-state index contributed by atoms with van der Waals surface area (Å²) < 4.78 is 11.5. The second kappa shape index (κ2) is 8.65. The number of benzene rings is 2. The highest BCUT2D eigenvalue weighted by molar-refractivity contribution is 6.04. The lowest BCUT2D eigenvalue weighted by Crippen LogP contribution is -2.46. The molecular weight excluding hydrogens is 340 g/mol. The molecule has 1 atom stereocenters. The maximum atomic E-state index is 12.6. The van der Waals surface area contributed by atoms with Gasteiger partial charge in [-0.25, -0.2) is 0 Å². The van der Waals surface area contributed by atoms with Gasteiger partial charge in [-0.15, -0.1) is 0 Å². The van der Waals surface area contributed by atoms with E-state index in [9.17, 15) is 4.79 Å². The third kappa shape index (κ3) is 4.56. The Morgan fingerprint density at radius 2 is 1.85 bits per heavy atom. The molecule has 0 aliphatic carbocycles. The molecule has 5 heteroatoms. The van der Waals surface area contributed by atoms with Gasteiger partial charge >= 0.3 is 0 Å². The Morgan fingerprint density at radius 3 is 2.67 bits per heavy atom. The van der Waals surface area contributed by atoms with Gasteiger partial charge in [-0.2, -0.15) is 0 Å². The number of rotatable bonds is 5. The van der Waals surface area contributed by atoms with Crippen LogP contribution in [0, 0.1) is 0 Å². The van der Waals surface area contributed by atoms with Gasteiger partial charge in [0.25, 0.3) is 5.91 Å². The van der Waals surface area contributed by atoms with E-state index in [1.165, 1.54) is 12.8 Å². The van der Waals surface area contributed by atoms with Crippen molar-refractivity contribution in [1.82, 2.24) is 4.90 Å². The number of ether oxygens (including phenoxy) is 2. The Balaban J connectivity index is 1.44. The lowest BCUT2D eigenvalue weighted by atomic mass is 10.00. The number of nitrogens with one attached hydrogen (secondary N) is 1. The van der Waals surface area contributed by atoms with Gasteiger partial charge in [0.05, 0.1) is 19.3 Å². The minimum atomic E-state index is -0.116. The molecule has 0 spiro atoms. The quantitative estimate of drug-likeness (QED) is 0.877. The Labute approximate surface area is 160 Å². The summed E-state index contributed by atoms with van der Waals surface area (Å²) >= 11 is 0. The Bertz CT molecular complexity index is 759. The van der Waals surface area contributed by atoms with Crippen molar-refractivity contribution in [1.29, 1.82) is 0 Å². The number of carbonyl (C=O) groups excluding carboxylic acids is 1. The summed E-state index contributed by atoms with van der Waals surface area (Å²) in [5, 5.41) is 2.95. The summed E-state index contributed by atoms with van der Waals surface area (Å²) in [5.41, 5.74) is 2.62. The van der Waals surface area contributed by atoms with Gasteiger partial charge in [-0.3, -0.25) is 9.69 Å². The molecule has 1 N–H and O–H groups in total. The zero-order valence-corrected chi connectivity index (χ0v) is 15.5. The monoisotopic (exact) mass is 366 g/mol. The van der Waals surface area contributed by atoms with Gasteiger partial charge in [-0.1, -0.05) is 36.8 Å². The third-order valence-corrected chi connectivity index (χ3v) is 5.23. The molecule has 4 rings (SSSR count). The summed E-state index contributed by atoms with van der Waals surface area (Å²) in [6.07, 6.45) is 3.38. The second-order valence-electron chi connectivity index (χ2n) is 7.16. The van der Waals surface area contributed by atoms with Crippen molar-refractivity contribution >= 4 is 11.6 Å². The molecule has 27 heavy (non-hydrogen) atoms. The largest absolute Gasteiger partial charge is 0.349 e. The number of likely N-dealkylation sites (tertiary alicyclic amines) is 1. The normalized spacial score (nSPS) is 21.3. The predicted octanol–water partition coefficient (Wildman–Crippen LogP) is 3.67. The van der Waals surface area contributed by atoms with E-state index in [4.69, 9.17) is 9.47 Å². The fraction of sp³-hybridized carbons (Fsp3) is 0.409. The summed E-state index contributed by atoms with van der Waals surface area (Å²) in [7, 11) is 0. The highest BCUT2D eigenvalue weighted by atomic mass is 16.7. The SMILES string of the molecule is O=C(Nc1ccccc1)c1cccc(CN2CCCCC2C2OCCO2)c1. The number of piperidine rings is 1. The highest BCUT2D eigenvalue weighted by Gasteiger charge is 2.33. The van der Waals surface area contributed by atoms with E-state index in [0.717, 1.165) is 30.8 Å². The fourth-order valence-corrected chi connectivity index (χ4v) is 3.89. The van der Waals surface area contributed by atoms with E-state index in [2.05, 4.69) is 16.3 Å². The Morgan fingerprint density at radius 1 is 1.04 bits per heavy atom. The fourth-order valence-electron chi connectivity index (χ4n) is 3.89. The van der Waals surface area contributed by atoms with Gasteiger partial charge in [-0.05, 0) is 49.2 Å². The summed E-state index contributed by atoms with van der Waals surface area (Å²) in [4.78, 5) is 15.0. The van der Waals surface area contributed by atoms with Crippen LogP contribution in [-0.2, 0) is 16.0 Å². The number of carbonyl (C=O) groups is 1. The molecule has 0 bridgehead atoms. The van der Waals surface area contributed by atoms with Crippen molar-refractivity contribution in [3.8, 4) is 0 Å². The molecule has 2 aromatic rings. The van der Waals surface area contributed by atoms with Crippen molar-refractivity contribution in [2.45, 2.75) is 38.1 Å². The number of para-hydroxylation sites is 1. The van der Waals surface area contributed by atoms with Crippen LogP contribution in [0.3, 0.4) is 0 Å². The molecule has 142 valence electrons. The number of nitrogens with zero attached hydrogens (tertiary/aromatic N) is 1. The predicted molar refractivity (Wildman–Crippen MR) is 105 cm³/mol. The molecule has 2 saturated heterocycles. The first kappa shape index (κ1) is 18.2. The van der Waals surface area contributed by atoms with Crippen LogP contribution in [0.1, 0.15) is 35.2 Å². The topological polar surface area (TPSA) is 50.8 Å². The van der Waals surface area contributed by atoms with Crippen molar-refractivity contribution in [3.05, 3.63) is 65.7 Å². The number of hydrogen-bond donors (Lipinski definition) is 1. The molecule has 1 amide bonds. The highest BCUT2D eigenvalue weighted by Crippen LogP contribution is 2.26. The molecular formula is C22H26N2O3. The van der Waals surface area contributed by atoms with E-state index < -0.39 is 0 Å². The molecule has 2 aliphatic heterocycles. The molecule has 2 heterocycles. The number of amides is 1. The van der Waals surface area contributed by atoms with E-state index in [1.54, 1.807) is 0 Å². The van der Waals surface area contributed by atoms with Crippen LogP contribution < -0.4 is 5.32 Å². The lowest BCUT2D eigenvalue weighted by molar-refractivity contribution is -0.111. The van der Waals surface area contributed by atoms with Crippen LogP contribution in [0.4, 0.5) is 5.69 Å². The zero-order chi connectivity index (χ0) is 18.5. The molecule has 2 aliphatic rings. The molecule has 5 nitrogen and oxygen atoms in total. The molecule has 2 fully saturated rings. The van der Waals surface area contributed by atoms with Gasteiger partial charge in [0.1, 0.15) is 0 Å². The van der Waals surface area contributed by atoms with Gasteiger partial charge < -0.3 is 14.8 Å². The molecule has 0 aromatic heterocycles. The average molecular weight is 366 g/mol. The van der Waals surface area contributed by atoms with E-state index in [-0.39, 0.29) is 12.2 Å². The van der Waals surface area contributed by atoms with Crippen LogP contribution in [0.5, 0.6) is 0 Å². The van der Waals surface area contributed by atoms with Crippen LogP contribution in [0.15, 0.2) is 54.6 Å². The zero-order valence-electron chi connectivity index (χ0n) is 15.5. The van der Waals surface area contributed by atoms with Crippen molar-refractivity contribution in [2.24, 2.45) is 0 Å². The van der Waals surface area contributed by atoms with Crippen molar-refractivity contribution in [2.75, 3.05) is 25.1 Å². The van der Waals surface area contributed by atoms with Gasteiger partial charge in [0.2, 0.25) is 0 Å². The maximum absolute atomic E-state index is 12.6. The van der Waals surface area contributed by atoms with E-state index in [0.29, 0.717) is 24.8 Å². The Kier molecular flexibility index (Phi) is 5.82. The average Bonchev–Trinajstić information content (AvgIpc) is 3.24. The minimum Gasteiger partial charge on any atom is -0.349 e. The van der Waals surface area contributed by atoms with Crippen molar-refractivity contribution < 1.29 is 14.3 Å². The van der Waals surface area contributed by atoms with Crippen LogP contribution >= 0.6 is 0 Å². The molecule has 0 radical (unpaired) electrons. The molecule has 0 saturated carbocycles. The first-order chi connectivity index (χ1) is 13.3. The van der Waals surface area contributed by atoms with Crippen LogP contribution in [0.2, 0.25) is 0 Å². The second-order valence-corrected chi connectivity index (χ2v) is 7.16. The standard InChI is InChI=1S/C22H26N2O3/c25-21(23-19-9-2-1-3-10-19)18-8-6-7-17(15-18)16-24-12-5-4-11-20(24)22-26-13-14-27-22/h1-3,6-10,15,20,22H,4-5,11-14,16H2,(H,23,25). The first-order valence-electron chi connectivity index (χ1n) is 9.72. The lowest BCUT2D eigenvalue weighted by Gasteiger charge is -2.38. The van der Waals surface area contributed by atoms with Gasteiger partial charge in [0, 0.05) is 17.8 Å². The minimum absolute atomic E-state index is 0.0827. The molecule has 2 aromatic carbocycles. The smallest absolute Gasteiger partial charge is 0.255 e. The van der Waals surface area contributed by atoms with Crippen LogP contribution in [0.25, 0.3) is 0 Å². The third-order valence-electron chi connectivity index (χ3n) is 5.23. The molecule has 1 unspecified atom stereocenters. The van der Waals surface area contributed by atoms with Crippen molar-refractivity contribution in [3.63, 3.8) is 0 Å². The maximum Gasteiger partial charge on any atom is 0.255 e. The summed E-state index contributed by atoms with van der Waals surface area (Å²) in [6.45, 7) is 3.21. The van der Waals surface area contributed by atoms with E-state index >= 15 is 0 Å². The van der Waals surface area contributed by atoms with E-state index in [1.807, 2.05) is 48.5 Å². The van der Waals surface area contributed by atoms with Gasteiger partial charge in [0.15, 0.2) is 6.29 Å². The first-order valence-corrected chi connectivity index (χ1v) is 9.72.